The smallest absolute Gasteiger partial charge is 0.301 e. The highest BCUT2D eigenvalue weighted by Gasteiger charge is 2.28. The van der Waals surface area contributed by atoms with Crippen LogP contribution >= 0.6 is 0 Å². The molecule has 118 valence electrons. The number of hydrogen-bond acceptors (Lipinski definition) is 3. The van der Waals surface area contributed by atoms with Crippen molar-refractivity contribution in [3.8, 4) is 0 Å². The number of anilines is 1. The molecule has 8 heteroatoms. The first-order valence-corrected chi connectivity index (χ1v) is 8.24. The molecule has 1 aliphatic rings. The molecule has 1 aliphatic heterocycles. The average molecular weight is 319 g/mol. The van der Waals surface area contributed by atoms with Crippen molar-refractivity contribution < 1.29 is 17.2 Å². The summed E-state index contributed by atoms with van der Waals surface area (Å²) in [4.78, 5) is 0. The lowest BCUT2D eigenvalue weighted by Crippen LogP contribution is -2.43. The van der Waals surface area contributed by atoms with Crippen LogP contribution in [0.4, 0.5) is 14.5 Å². The Bertz CT molecular complexity index is 587. The molecule has 0 amide bonds. The van der Waals surface area contributed by atoms with Crippen LogP contribution in [0, 0.1) is 17.6 Å². The second kappa shape index (κ2) is 6.67. The van der Waals surface area contributed by atoms with Gasteiger partial charge in [-0.15, -0.1) is 0 Å². The zero-order valence-electron chi connectivity index (χ0n) is 11.8. The largest absolute Gasteiger partial charge is 0.319 e. The fourth-order valence-corrected chi connectivity index (χ4v) is 3.68. The van der Waals surface area contributed by atoms with Gasteiger partial charge in [-0.2, -0.15) is 12.7 Å². The van der Waals surface area contributed by atoms with E-state index in [1.165, 1.54) is 16.4 Å². The fraction of sp³-hybridized carbons (Fsp3) is 0.538. The maximum atomic E-state index is 13.5. The van der Waals surface area contributed by atoms with Crippen molar-refractivity contribution >= 4 is 15.9 Å². The molecule has 21 heavy (non-hydrogen) atoms. The SMILES string of the molecule is CNCC1CCN(S(=O)(=O)Nc2cccc(F)c2F)CC1. The molecule has 0 spiro atoms. The third kappa shape index (κ3) is 3.90. The first kappa shape index (κ1) is 16.1. The average Bonchev–Trinajstić information content (AvgIpc) is 2.45. The van der Waals surface area contributed by atoms with Crippen molar-refractivity contribution in [3.63, 3.8) is 0 Å². The Kier molecular flexibility index (Phi) is 5.13. The molecule has 1 saturated heterocycles. The number of hydrogen-bond donors (Lipinski definition) is 2. The molecule has 2 N–H and O–H groups in total. The van der Waals surface area contributed by atoms with E-state index < -0.39 is 21.8 Å². The number of rotatable bonds is 5. The summed E-state index contributed by atoms with van der Waals surface area (Å²) in [5.74, 6) is -1.83. The van der Waals surface area contributed by atoms with E-state index in [9.17, 15) is 17.2 Å². The van der Waals surface area contributed by atoms with Crippen molar-refractivity contribution in [2.24, 2.45) is 5.92 Å². The fourth-order valence-electron chi connectivity index (χ4n) is 2.43. The monoisotopic (exact) mass is 319 g/mol. The minimum Gasteiger partial charge on any atom is -0.319 e. The Hall–Kier alpha value is -1.25. The van der Waals surface area contributed by atoms with Gasteiger partial charge in [-0.1, -0.05) is 6.07 Å². The summed E-state index contributed by atoms with van der Waals surface area (Å²) in [7, 11) is -2.00. The second-order valence-corrected chi connectivity index (χ2v) is 6.78. The highest BCUT2D eigenvalue weighted by Crippen LogP contribution is 2.22. The van der Waals surface area contributed by atoms with E-state index in [1.807, 2.05) is 7.05 Å². The van der Waals surface area contributed by atoms with E-state index in [0.29, 0.717) is 19.0 Å². The molecule has 0 aromatic heterocycles. The van der Waals surface area contributed by atoms with Gasteiger partial charge in [0, 0.05) is 13.1 Å². The van der Waals surface area contributed by atoms with E-state index in [2.05, 4.69) is 10.0 Å². The summed E-state index contributed by atoms with van der Waals surface area (Å²) in [6.45, 7) is 1.59. The zero-order chi connectivity index (χ0) is 15.5. The summed E-state index contributed by atoms with van der Waals surface area (Å²) < 4.78 is 54.4. The van der Waals surface area contributed by atoms with Crippen LogP contribution in [0.1, 0.15) is 12.8 Å². The number of halogens is 2. The molecule has 0 unspecified atom stereocenters. The molecule has 5 nitrogen and oxygen atoms in total. The number of nitrogens with zero attached hydrogens (tertiary/aromatic N) is 1. The molecule has 1 heterocycles. The van der Waals surface area contributed by atoms with Gasteiger partial charge in [0.05, 0.1) is 5.69 Å². The molecule has 0 aliphatic carbocycles. The minimum atomic E-state index is -3.86. The standard InChI is InChI=1S/C13H19F2N3O2S/c1-16-9-10-5-7-18(8-6-10)21(19,20)17-12-4-2-3-11(14)13(12)15/h2-4,10,16-17H,5-9H2,1H3. The van der Waals surface area contributed by atoms with Gasteiger partial charge in [0.1, 0.15) is 0 Å². The summed E-state index contributed by atoms with van der Waals surface area (Å²) in [5.41, 5.74) is -0.368. The van der Waals surface area contributed by atoms with Gasteiger partial charge < -0.3 is 5.32 Å². The van der Waals surface area contributed by atoms with Crippen LogP contribution < -0.4 is 10.0 Å². The summed E-state index contributed by atoms with van der Waals surface area (Å²) in [5, 5.41) is 3.07. The maximum Gasteiger partial charge on any atom is 0.301 e. The van der Waals surface area contributed by atoms with Crippen molar-refractivity contribution in [2.45, 2.75) is 12.8 Å². The van der Waals surface area contributed by atoms with E-state index in [0.717, 1.165) is 25.5 Å². The van der Waals surface area contributed by atoms with E-state index >= 15 is 0 Å². The second-order valence-electron chi connectivity index (χ2n) is 5.11. The van der Waals surface area contributed by atoms with E-state index in [1.54, 1.807) is 0 Å². The quantitative estimate of drug-likeness (QED) is 0.866. The van der Waals surface area contributed by atoms with Gasteiger partial charge >= 0.3 is 10.2 Å². The Labute approximate surface area is 123 Å². The predicted octanol–water partition coefficient (Wildman–Crippen LogP) is 1.55. The lowest BCUT2D eigenvalue weighted by atomic mass is 9.98. The molecule has 0 bridgehead atoms. The first-order chi connectivity index (χ1) is 9.94. The van der Waals surface area contributed by atoms with Crippen LogP contribution in [0.2, 0.25) is 0 Å². The van der Waals surface area contributed by atoms with Crippen LogP contribution in [0.3, 0.4) is 0 Å². The third-order valence-electron chi connectivity index (χ3n) is 3.60. The Morgan fingerprint density at radius 3 is 2.57 bits per heavy atom. The van der Waals surface area contributed by atoms with Crippen molar-refractivity contribution in [1.82, 2.24) is 9.62 Å². The normalized spacial score (nSPS) is 17.9. The summed E-state index contributed by atoms with van der Waals surface area (Å²) in [6, 6.07) is 3.40. The lowest BCUT2D eigenvalue weighted by Gasteiger charge is -2.31. The van der Waals surface area contributed by atoms with Crippen LogP contribution in [-0.4, -0.2) is 39.4 Å². The molecule has 0 atom stereocenters. The van der Waals surface area contributed by atoms with Gasteiger partial charge in [-0.05, 0) is 44.5 Å². The Balaban J connectivity index is 2.04. The summed E-state index contributed by atoms with van der Waals surface area (Å²) >= 11 is 0. The highest BCUT2D eigenvalue weighted by molar-refractivity contribution is 7.90. The van der Waals surface area contributed by atoms with Gasteiger partial charge in [-0.3, -0.25) is 4.72 Å². The van der Waals surface area contributed by atoms with Crippen LogP contribution in [-0.2, 0) is 10.2 Å². The molecule has 1 aromatic carbocycles. The molecule has 1 aromatic rings. The molecule has 1 fully saturated rings. The van der Waals surface area contributed by atoms with E-state index in [4.69, 9.17) is 0 Å². The zero-order valence-corrected chi connectivity index (χ0v) is 12.6. The van der Waals surface area contributed by atoms with Gasteiger partial charge in [0.2, 0.25) is 0 Å². The van der Waals surface area contributed by atoms with Crippen molar-refractivity contribution in [2.75, 3.05) is 31.4 Å². The van der Waals surface area contributed by atoms with Gasteiger partial charge in [-0.25, -0.2) is 8.78 Å². The molecular formula is C13H19F2N3O2S. The van der Waals surface area contributed by atoms with Gasteiger partial charge in [0.25, 0.3) is 0 Å². The number of benzene rings is 1. The van der Waals surface area contributed by atoms with Crippen molar-refractivity contribution in [1.29, 1.82) is 0 Å². The highest BCUT2D eigenvalue weighted by atomic mass is 32.2. The predicted molar refractivity (Wildman–Crippen MR) is 77.1 cm³/mol. The number of nitrogens with one attached hydrogen (secondary N) is 2. The Morgan fingerprint density at radius 2 is 1.95 bits per heavy atom. The third-order valence-corrected chi connectivity index (χ3v) is 5.12. The lowest BCUT2D eigenvalue weighted by molar-refractivity contribution is 0.272. The summed E-state index contributed by atoms with van der Waals surface area (Å²) in [6.07, 6.45) is 1.49. The number of piperidine rings is 1. The maximum absolute atomic E-state index is 13.5. The molecule has 0 saturated carbocycles. The molecular weight excluding hydrogens is 300 g/mol. The van der Waals surface area contributed by atoms with E-state index in [-0.39, 0.29) is 5.69 Å². The molecule has 2 rings (SSSR count). The van der Waals surface area contributed by atoms with Gasteiger partial charge in [0.15, 0.2) is 11.6 Å². The van der Waals surface area contributed by atoms with Crippen LogP contribution in [0.15, 0.2) is 18.2 Å². The molecule has 0 radical (unpaired) electrons. The van der Waals surface area contributed by atoms with Crippen molar-refractivity contribution in [3.05, 3.63) is 29.8 Å². The Morgan fingerprint density at radius 1 is 1.29 bits per heavy atom. The van der Waals surface area contributed by atoms with Crippen LogP contribution in [0.5, 0.6) is 0 Å². The topological polar surface area (TPSA) is 61.4 Å². The minimum absolute atomic E-state index is 0.368. The first-order valence-electron chi connectivity index (χ1n) is 6.80. The van der Waals surface area contributed by atoms with Crippen LogP contribution in [0.25, 0.3) is 0 Å².